The first-order valence-electron chi connectivity index (χ1n) is 3.73. The lowest BCUT2D eigenvalue weighted by Gasteiger charge is -2.10. The van der Waals surface area contributed by atoms with Crippen molar-refractivity contribution in [3.05, 3.63) is 42.7 Å². The molecule has 1 aromatic rings. The molecule has 1 unspecified atom stereocenters. The number of pyridine rings is 1. The Balaban J connectivity index is 2.78. The van der Waals surface area contributed by atoms with Crippen LogP contribution in [0.25, 0.3) is 0 Å². The van der Waals surface area contributed by atoms with Crippen LogP contribution < -0.4 is 5.73 Å². The van der Waals surface area contributed by atoms with Gasteiger partial charge in [-0.05, 0) is 18.2 Å². The first-order valence-corrected chi connectivity index (χ1v) is 3.73. The maximum absolute atomic E-state index is 10.5. The Morgan fingerprint density at radius 3 is 2.92 bits per heavy atom. The third kappa shape index (κ3) is 2.59. The summed E-state index contributed by atoms with van der Waals surface area (Å²) >= 11 is 0. The van der Waals surface area contributed by atoms with Gasteiger partial charge in [-0.25, -0.2) is 4.79 Å². The van der Waals surface area contributed by atoms with Gasteiger partial charge in [0.05, 0.1) is 5.69 Å². The van der Waals surface area contributed by atoms with Crippen molar-refractivity contribution in [1.29, 1.82) is 0 Å². The van der Waals surface area contributed by atoms with Gasteiger partial charge in [-0.15, -0.1) is 0 Å². The average Bonchev–Trinajstić information content (AvgIpc) is 2.15. The minimum absolute atomic E-state index is 0.571. The van der Waals surface area contributed by atoms with Crippen molar-refractivity contribution < 1.29 is 9.53 Å². The lowest BCUT2D eigenvalue weighted by Crippen LogP contribution is -2.16. The van der Waals surface area contributed by atoms with Crippen LogP contribution in [0.3, 0.4) is 0 Å². The van der Waals surface area contributed by atoms with Crippen LogP contribution in [0.15, 0.2) is 37.1 Å². The van der Waals surface area contributed by atoms with Crippen molar-refractivity contribution in [2.45, 2.75) is 6.10 Å². The fourth-order valence-electron chi connectivity index (χ4n) is 0.899. The smallest absolute Gasteiger partial charge is 0.405 e. The Morgan fingerprint density at radius 1 is 1.69 bits per heavy atom. The molecular weight excluding hydrogens is 168 g/mol. The first kappa shape index (κ1) is 9.25. The quantitative estimate of drug-likeness (QED) is 0.711. The maximum Gasteiger partial charge on any atom is 0.405 e. The summed E-state index contributed by atoms with van der Waals surface area (Å²) in [4.78, 5) is 14.5. The highest BCUT2D eigenvalue weighted by Crippen LogP contribution is 2.14. The molecule has 0 saturated heterocycles. The molecular formula is C9H10N2O2. The van der Waals surface area contributed by atoms with E-state index < -0.39 is 12.2 Å². The Hall–Kier alpha value is -1.84. The predicted molar refractivity (Wildman–Crippen MR) is 47.8 cm³/mol. The summed E-state index contributed by atoms with van der Waals surface area (Å²) in [6.07, 6.45) is 1.66. The van der Waals surface area contributed by atoms with E-state index in [2.05, 4.69) is 11.6 Å². The molecule has 0 bridgehead atoms. The normalized spacial score (nSPS) is 11.7. The number of hydrogen-bond donors (Lipinski definition) is 1. The molecule has 1 heterocycles. The van der Waals surface area contributed by atoms with Crippen molar-refractivity contribution in [1.82, 2.24) is 4.98 Å². The van der Waals surface area contributed by atoms with Crippen LogP contribution in [0, 0.1) is 0 Å². The van der Waals surface area contributed by atoms with Crippen molar-refractivity contribution in [3.63, 3.8) is 0 Å². The molecule has 4 nitrogen and oxygen atoms in total. The number of aromatic nitrogens is 1. The molecule has 0 fully saturated rings. The van der Waals surface area contributed by atoms with Gasteiger partial charge in [0, 0.05) is 6.20 Å². The molecule has 1 amide bonds. The SMILES string of the molecule is C=CC(OC(N)=O)c1ccccn1. The summed E-state index contributed by atoms with van der Waals surface area (Å²) in [5.41, 5.74) is 5.48. The molecule has 2 N–H and O–H groups in total. The molecule has 0 aromatic carbocycles. The van der Waals surface area contributed by atoms with Gasteiger partial charge in [-0.1, -0.05) is 12.6 Å². The number of carbonyl (C=O) groups excluding carboxylic acids is 1. The van der Waals surface area contributed by atoms with E-state index in [4.69, 9.17) is 10.5 Å². The van der Waals surface area contributed by atoms with E-state index >= 15 is 0 Å². The highest BCUT2D eigenvalue weighted by Gasteiger charge is 2.10. The number of hydrogen-bond acceptors (Lipinski definition) is 3. The lowest BCUT2D eigenvalue weighted by atomic mass is 10.2. The highest BCUT2D eigenvalue weighted by atomic mass is 16.6. The summed E-state index contributed by atoms with van der Waals surface area (Å²) < 4.78 is 4.74. The zero-order valence-electron chi connectivity index (χ0n) is 7.01. The van der Waals surface area contributed by atoms with Gasteiger partial charge >= 0.3 is 6.09 Å². The van der Waals surface area contributed by atoms with Gasteiger partial charge in [-0.2, -0.15) is 0 Å². The van der Waals surface area contributed by atoms with E-state index in [-0.39, 0.29) is 0 Å². The molecule has 1 atom stereocenters. The van der Waals surface area contributed by atoms with E-state index in [1.54, 1.807) is 24.4 Å². The largest absolute Gasteiger partial charge is 0.436 e. The molecule has 0 spiro atoms. The summed E-state index contributed by atoms with van der Waals surface area (Å²) in [6.45, 7) is 3.52. The molecule has 0 aliphatic rings. The van der Waals surface area contributed by atoms with Crippen molar-refractivity contribution in [2.75, 3.05) is 0 Å². The number of nitrogens with zero attached hydrogens (tertiary/aromatic N) is 1. The molecule has 0 aliphatic carbocycles. The Morgan fingerprint density at radius 2 is 2.46 bits per heavy atom. The summed E-state index contributed by atoms with van der Waals surface area (Å²) in [5.74, 6) is 0. The van der Waals surface area contributed by atoms with Gasteiger partial charge in [-0.3, -0.25) is 4.98 Å². The number of rotatable bonds is 3. The Labute approximate surface area is 76.0 Å². The standard InChI is InChI=1S/C9H10N2O2/c1-2-8(13-9(10)12)7-5-3-4-6-11-7/h2-6,8H,1H2,(H2,10,12). The van der Waals surface area contributed by atoms with Gasteiger partial charge in [0.1, 0.15) is 0 Å². The fourth-order valence-corrected chi connectivity index (χ4v) is 0.899. The van der Waals surface area contributed by atoms with Gasteiger partial charge < -0.3 is 10.5 Å². The monoisotopic (exact) mass is 178 g/mol. The number of primary amides is 1. The average molecular weight is 178 g/mol. The van der Waals surface area contributed by atoms with Crippen LogP contribution in [-0.4, -0.2) is 11.1 Å². The van der Waals surface area contributed by atoms with Crippen LogP contribution in [0.5, 0.6) is 0 Å². The van der Waals surface area contributed by atoms with Gasteiger partial charge in [0.25, 0.3) is 0 Å². The fraction of sp³-hybridized carbons (Fsp3) is 0.111. The summed E-state index contributed by atoms with van der Waals surface area (Å²) in [5, 5.41) is 0. The Kier molecular flexibility index (Phi) is 3.03. The predicted octanol–water partition coefficient (Wildman–Crippen LogP) is 1.40. The second-order valence-electron chi connectivity index (χ2n) is 2.35. The lowest BCUT2D eigenvalue weighted by molar-refractivity contribution is 0.128. The van der Waals surface area contributed by atoms with Crippen LogP contribution in [0.1, 0.15) is 11.8 Å². The summed E-state index contributed by atoms with van der Waals surface area (Å²) in [6, 6.07) is 5.30. The van der Waals surface area contributed by atoms with Crippen molar-refractivity contribution in [3.8, 4) is 0 Å². The van der Waals surface area contributed by atoms with Crippen LogP contribution >= 0.6 is 0 Å². The second kappa shape index (κ2) is 4.25. The van der Waals surface area contributed by atoms with E-state index in [0.717, 1.165) is 0 Å². The van der Waals surface area contributed by atoms with Crippen molar-refractivity contribution >= 4 is 6.09 Å². The number of nitrogens with two attached hydrogens (primary N) is 1. The number of amides is 1. The number of ether oxygens (including phenoxy) is 1. The van der Waals surface area contributed by atoms with Crippen LogP contribution in [0.2, 0.25) is 0 Å². The van der Waals surface area contributed by atoms with E-state index in [1.165, 1.54) is 6.08 Å². The van der Waals surface area contributed by atoms with Crippen LogP contribution in [0.4, 0.5) is 4.79 Å². The van der Waals surface area contributed by atoms with Crippen LogP contribution in [-0.2, 0) is 4.74 Å². The molecule has 0 radical (unpaired) electrons. The minimum Gasteiger partial charge on any atom is -0.436 e. The molecule has 68 valence electrons. The third-order valence-electron chi connectivity index (χ3n) is 1.44. The van der Waals surface area contributed by atoms with Gasteiger partial charge in [0.2, 0.25) is 0 Å². The summed E-state index contributed by atoms with van der Waals surface area (Å²) in [7, 11) is 0. The molecule has 0 aliphatic heterocycles. The van der Waals surface area contributed by atoms with Gasteiger partial charge in [0.15, 0.2) is 6.10 Å². The molecule has 4 heteroatoms. The van der Waals surface area contributed by atoms with E-state index in [9.17, 15) is 4.79 Å². The maximum atomic E-state index is 10.5. The highest BCUT2D eigenvalue weighted by molar-refractivity contribution is 5.65. The van der Waals surface area contributed by atoms with E-state index in [0.29, 0.717) is 5.69 Å². The number of carbonyl (C=O) groups is 1. The minimum atomic E-state index is -0.837. The Bertz CT molecular complexity index is 298. The third-order valence-corrected chi connectivity index (χ3v) is 1.44. The second-order valence-corrected chi connectivity index (χ2v) is 2.35. The first-order chi connectivity index (χ1) is 6.24. The topological polar surface area (TPSA) is 65.2 Å². The molecule has 1 rings (SSSR count). The zero-order valence-corrected chi connectivity index (χ0v) is 7.01. The van der Waals surface area contributed by atoms with Crippen molar-refractivity contribution in [2.24, 2.45) is 5.73 Å². The molecule has 13 heavy (non-hydrogen) atoms. The molecule has 1 aromatic heterocycles. The molecule has 0 saturated carbocycles. The zero-order chi connectivity index (χ0) is 9.68. The van der Waals surface area contributed by atoms with E-state index in [1.807, 2.05) is 0 Å².